The number of hydrogen-bond acceptors (Lipinski definition) is 5. The first-order valence-corrected chi connectivity index (χ1v) is 10.2. The molecule has 2 aromatic carbocycles. The molecule has 2 heterocycles. The standard InChI is InChI=1S/C23H23FN2O4/c1-13-25-19-7-2-14(9-21(19)29-13)23(28)26-11-15-8-20(27)22(10-16(15)12-26)30-18-5-3-17(24)4-6-18/h2-7,9,15-16,20,22,27H,8,10-12H2,1H3/t15-,16+,20+,22+/m0/s1. The first kappa shape index (κ1) is 19.1. The molecule has 2 fully saturated rings. The zero-order valence-corrected chi connectivity index (χ0v) is 16.6. The number of benzene rings is 2. The third kappa shape index (κ3) is 3.54. The van der Waals surface area contributed by atoms with Gasteiger partial charge >= 0.3 is 0 Å². The molecule has 3 aromatic rings. The lowest BCUT2D eigenvalue weighted by Gasteiger charge is -2.35. The summed E-state index contributed by atoms with van der Waals surface area (Å²) in [6.07, 6.45) is 0.272. The fraction of sp³-hybridized carbons (Fsp3) is 0.391. The van der Waals surface area contributed by atoms with Crippen LogP contribution >= 0.6 is 0 Å². The van der Waals surface area contributed by atoms with Crippen LogP contribution in [0.5, 0.6) is 5.75 Å². The van der Waals surface area contributed by atoms with E-state index in [9.17, 15) is 14.3 Å². The topological polar surface area (TPSA) is 75.8 Å². The summed E-state index contributed by atoms with van der Waals surface area (Å²) in [7, 11) is 0. The Labute approximate surface area is 173 Å². The molecule has 30 heavy (non-hydrogen) atoms. The molecule has 0 bridgehead atoms. The Morgan fingerprint density at radius 3 is 2.67 bits per heavy atom. The molecule has 7 heteroatoms. The molecule has 0 unspecified atom stereocenters. The SMILES string of the molecule is Cc1nc2ccc(C(=O)N3C[C@H]4C[C@@H](Oc5ccc(F)cc5)[C@H](O)C[C@H]4C3)cc2o1. The van der Waals surface area contributed by atoms with Crippen molar-refractivity contribution in [2.24, 2.45) is 11.8 Å². The van der Waals surface area contributed by atoms with E-state index in [2.05, 4.69) is 4.98 Å². The normalized spacial score (nSPS) is 26.0. The number of halogens is 1. The van der Waals surface area contributed by atoms with Crippen molar-refractivity contribution in [3.8, 4) is 5.75 Å². The van der Waals surface area contributed by atoms with Gasteiger partial charge in [0, 0.05) is 25.6 Å². The van der Waals surface area contributed by atoms with E-state index < -0.39 is 6.10 Å². The number of aryl methyl sites for hydroxylation is 1. The zero-order chi connectivity index (χ0) is 20.8. The molecule has 4 atom stereocenters. The monoisotopic (exact) mass is 410 g/mol. The van der Waals surface area contributed by atoms with Crippen LogP contribution in [0.15, 0.2) is 46.9 Å². The van der Waals surface area contributed by atoms with E-state index in [1.807, 2.05) is 4.90 Å². The van der Waals surface area contributed by atoms with Crippen LogP contribution in [0.4, 0.5) is 4.39 Å². The Bertz CT molecular complexity index is 1080. The van der Waals surface area contributed by atoms with Gasteiger partial charge in [-0.15, -0.1) is 0 Å². The molecular formula is C23H23FN2O4. The van der Waals surface area contributed by atoms with Crippen LogP contribution in [-0.4, -0.2) is 46.2 Å². The lowest BCUT2D eigenvalue weighted by atomic mass is 9.78. The summed E-state index contributed by atoms with van der Waals surface area (Å²) >= 11 is 0. The highest BCUT2D eigenvalue weighted by atomic mass is 19.1. The predicted molar refractivity (Wildman–Crippen MR) is 108 cm³/mol. The number of fused-ring (bicyclic) bond motifs is 2. The summed E-state index contributed by atoms with van der Waals surface area (Å²) in [5.74, 6) is 1.26. The Kier molecular flexibility index (Phi) is 4.70. The van der Waals surface area contributed by atoms with Crippen molar-refractivity contribution in [3.63, 3.8) is 0 Å². The number of aromatic nitrogens is 1. The second-order valence-electron chi connectivity index (χ2n) is 8.29. The van der Waals surface area contributed by atoms with Gasteiger partial charge in [-0.2, -0.15) is 0 Å². The van der Waals surface area contributed by atoms with Crippen LogP contribution in [0.1, 0.15) is 29.1 Å². The molecule has 1 saturated carbocycles. The third-order valence-corrected chi connectivity index (χ3v) is 6.22. The van der Waals surface area contributed by atoms with Crippen molar-refractivity contribution < 1.29 is 23.4 Å². The average molecular weight is 410 g/mol. The van der Waals surface area contributed by atoms with Crippen molar-refractivity contribution in [1.82, 2.24) is 9.88 Å². The Morgan fingerprint density at radius 2 is 1.90 bits per heavy atom. The van der Waals surface area contributed by atoms with Crippen LogP contribution in [0.3, 0.4) is 0 Å². The highest BCUT2D eigenvalue weighted by Gasteiger charge is 2.44. The van der Waals surface area contributed by atoms with Crippen molar-refractivity contribution in [3.05, 3.63) is 59.7 Å². The molecule has 1 aromatic heterocycles. The van der Waals surface area contributed by atoms with E-state index in [0.29, 0.717) is 48.7 Å². The molecule has 1 N–H and O–H groups in total. The zero-order valence-electron chi connectivity index (χ0n) is 16.6. The number of oxazole rings is 1. The molecule has 6 nitrogen and oxygen atoms in total. The molecule has 1 amide bonds. The van der Waals surface area contributed by atoms with Crippen LogP contribution in [-0.2, 0) is 0 Å². The van der Waals surface area contributed by atoms with Gasteiger partial charge < -0.3 is 19.2 Å². The van der Waals surface area contributed by atoms with Gasteiger partial charge in [-0.05, 0) is 67.1 Å². The van der Waals surface area contributed by atoms with E-state index >= 15 is 0 Å². The quantitative estimate of drug-likeness (QED) is 0.715. The van der Waals surface area contributed by atoms with Crippen molar-refractivity contribution in [2.75, 3.05) is 13.1 Å². The van der Waals surface area contributed by atoms with Gasteiger partial charge in [-0.25, -0.2) is 9.37 Å². The average Bonchev–Trinajstić information content (AvgIpc) is 3.30. The lowest BCUT2D eigenvalue weighted by Crippen LogP contribution is -2.42. The number of carbonyl (C=O) groups excluding carboxylic acids is 1. The van der Waals surface area contributed by atoms with Crippen LogP contribution in [0, 0.1) is 24.6 Å². The molecule has 1 saturated heterocycles. The molecule has 5 rings (SSSR count). The van der Waals surface area contributed by atoms with Gasteiger partial charge in [0.15, 0.2) is 11.5 Å². The van der Waals surface area contributed by atoms with Gasteiger partial charge in [0.05, 0.1) is 6.10 Å². The van der Waals surface area contributed by atoms with Gasteiger partial charge in [-0.3, -0.25) is 4.79 Å². The highest BCUT2D eigenvalue weighted by Crippen LogP contribution is 2.38. The highest BCUT2D eigenvalue weighted by molar-refractivity contribution is 5.97. The number of aliphatic hydroxyl groups is 1. The van der Waals surface area contributed by atoms with Crippen molar-refractivity contribution in [1.29, 1.82) is 0 Å². The summed E-state index contributed by atoms with van der Waals surface area (Å²) in [4.78, 5) is 19.2. The van der Waals surface area contributed by atoms with E-state index in [1.54, 1.807) is 37.3 Å². The molecule has 2 aliphatic rings. The number of rotatable bonds is 3. The minimum atomic E-state index is -0.611. The van der Waals surface area contributed by atoms with Gasteiger partial charge in [0.2, 0.25) is 0 Å². The van der Waals surface area contributed by atoms with Crippen molar-refractivity contribution >= 4 is 17.0 Å². The van der Waals surface area contributed by atoms with Crippen LogP contribution in [0.2, 0.25) is 0 Å². The van der Waals surface area contributed by atoms with E-state index in [1.165, 1.54) is 12.1 Å². The second kappa shape index (κ2) is 7.40. The Morgan fingerprint density at radius 1 is 1.17 bits per heavy atom. The number of carbonyl (C=O) groups is 1. The molecule has 156 valence electrons. The maximum atomic E-state index is 13.1. The summed E-state index contributed by atoms with van der Waals surface area (Å²) < 4.78 is 24.6. The number of ether oxygens (including phenoxy) is 1. The third-order valence-electron chi connectivity index (χ3n) is 6.22. The maximum Gasteiger partial charge on any atom is 0.254 e. The first-order valence-electron chi connectivity index (χ1n) is 10.2. The van der Waals surface area contributed by atoms with E-state index in [0.717, 1.165) is 5.52 Å². The summed E-state index contributed by atoms with van der Waals surface area (Å²) in [5, 5.41) is 10.6. The number of nitrogens with zero attached hydrogens (tertiary/aromatic N) is 2. The second-order valence-corrected chi connectivity index (χ2v) is 8.29. The van der Waals surface area contributed by atoms with Gasteiger partial charge in [0.25, 0.3) is 5.91 Å². The number of hydrogen-bond donors (Lipinski definition) is 1. The van der Waals surface area contributed by atoms with Gasteiger partial charge in [0.1, 0.15) is 23.2 Å². The lowest BCUT2D eigenvalue weighted by molar-refractivity contribution is -0.0231. The van der Waals surface area contributed by atoms with Crippen molar-refractivity contribution in [2.45, 2.75) is 32.0 Å². The largest absolute Gasteiger partial charge is 0.488 e. The minimum absolute atomic E-state index is 0.0363. The number of likely N-dealkylation sites (tertiary alicyclic amines) is 1. The minimum Gasteiger partial charge on any atom is -0.488 e. The molecule has 0 spiro atoms. The summed E-state index contributed by atoms with van der Waals surface area (Å²) in [6, 6.07) is 11.2. The summed E-state index contributed by atoms with van der Waals surface area (Å²) in [5.41, 5.74) is 1.93. The molecule has 0 radical (unpaired) electrons. The molecule has 1 aliphatic carbocycles. The van der Waals surface area contributed by atoms with Gasteiger partial charge in [-0.1, -0.05) is 0 Å². The smallest absolute Gasteiger partial charge is 0.254 e. The van der Waals surface area contributed by atoms with Crippen LogP contribution < -0.4 is 4.74 Å². The first-order chi connectivity index (χ1) is 14.5. The molecule has 1 aliphatic heterocycles. The fourth-order valence-corrected chi connectivity index (χ4v) is 4.73. The molecular weight excluding hydrogens is 387 g/mol. The van der Waals surface area contributed by atoms with E-state index in [4.69, 9.17) is 9.15 Å². The van der Waals surface area contributed by atoms with Crippen LogP contribution in [0.25, 0.3) is 11.1 Å². The Hall–Kier alpha value is -2.93. The maximum absolute atomic E-state index is 13.1. The number of aliphatic hydroxyl groups excluding tert-OH is 1. The number of amides is 1. The summed E-state index contributed by atoms with van der Waals surface area (Å²) in [6.45, 7) is 3.03. The Balaban J connectivity index is 1.28. The fourth-order valence-electron chi connectivity index (χ4n) is 4.73. The van der Waals surface area contributed by atoms with E-state index in [-0.39, 0.29) is 29.7 Å². The predicted octanol–water partition coefficient (Wildman–Crippen LogP) is 3.57.